The van der Waals surface area contributed by atoms with Crippen molar-refractivity contribution in [3.8, 4) is 0 Å². The first-order valence-corrected chi connectivity index (χ1v) is 8.02. The summed E-state index contributed by atoms with van der Waals surface area (Å²) in [6.45, 7) is 6.68. The van der Waals surface area contributed by atoms with Crippen LogP contribution in [0.2, 0.25) is 0 Å². The fourth-order valence-corrected chi connectivity index (χ4v) is 1.72. The van der Waals surface area contributed by atoms with Crippen LogP contribution in [0.4, 0.5) is 0 Å². The van der Waals surface area contributed by atoms with Gasteiger partial charge in [-0.1, -0.05) is 26.2 Å². The van der Waals surface area contributed by atoms with Crippen molar-refractivity contribution in [3.63, 3.8) is 0 Å². The summed E-state index contributed by atoms with van der Waals surface area (Å²) in [6.07, 6.45) is 5.07. The monoisotopic (exact) mass is 291 g/mol. The minimum absolute atomic E-state index is 0.449. The van der Waals surface area contributed by atoms with Crippen molar-refractivity contribution < 1.29 is 19.5 Å². The van der Waals surface area contributed by atoms with Crippen molar-refractivity contribution in [2.45, 2.75) is 45.3 Å². The molecule has 0 saturated heterocycles. The van der Waals surface area contributed by atoms with Crippen LogP contribution in [0.1, 0.15) is 39.0 Å². The molecule has 0 aromatic rings. The van der Waals surface area contributed by atoms with E-state index in [1.807, 2.05) is 0 Å². The third-order valence-corrected chi connectivity index (χ3v) is 3.06. The van der Waals surface area contributed by atoms with Crippen LogP contribution in [-0.2, 0) is 9.47 Å². The lowest BCUT2D eigenvalue weighted by atomic mass is 10.2. The van der Waals surface area contributed by atoms with E-state index in [9.17, 15) is 5.11 Å². The summed E-state index contributed by atoms with van der Waals surface area (Å²) in [5.74, 6) is 0. The van der Waals surface area contributed by atoms with Gasteiger partial charge in [-0.25, -0.2) is 0 Å². The van der Waals surface area contributed by atoms with Crippen LogP contribution in [0.5, 0.6) is 0 Å². The van der Waals surface area contributed by atoms with Crippen LogP contribution in [0.3, 0.4) is 0 Å². The molecule has 0 spiro atoms. The Balaban J connectivity index is 3.13. The van der Waals surface area contributed by atoms with Crippen LogP contribution in [-0.4, -0.2) is 64.9 Å². The van der Waals surface area contributed by atoms with Gasteiger partial charge >= 0.3 is 0 Å². The van der Waals surface area contributed by atoms with Crippen molar-refractivity contribution in [1.29, 1.82) is 0 Å². The average Bonchev–Trinajstić information content (AvgIpc) is 2.41. The highest BCUT2D eigenvalue weighted by Crippen LogP contribution is 1.98. The van der Waals surface area contributed by atoms with Gasteiger partial charge in [0.05, 0.1) is 40.5 Å². The molecule has 0 radical (unpaired) electrons. The molecule has 0 saturated carbocycles. The highest BCUT2D eigenvalue weighted by molar-refractivity contribution is 4.53. The second-order valence-electron chi connectivity index (χ2n) is 5.50. The zero-order chi connectivity index (χ0) is 15.1. The Bertz CT molecular complexity index is 192. The number of quaternary nitrogens is 1. The number of unbranched alkanes of at least 4 members (excludes halogenated alkanes) is 3. The number of rotatable bonds is 15. The summed E-state index contributed by atoms with van der Waals surface area (Å²) in [6, 6.07) is 0. The topological polar surface area (TPSA) is 55.2 Å². The van der Waals surface area contributed by atoms with Gasteiger partial charge < -0.3 is 19.5 Å². The SMILES string of the molecule is CCCCCCNC(O)CCOCCOCC[NH+](C)C. The van der Waals surface area contributed by atoms with Crippen LogP contribution < -0.4 is 10.2 Å². The Morgan fingerprint density at radius 2 is 1.70 bits per heavy atom. The molecule has 0 fully saturated rings. The molecule has 0 aromatic heterocycles. The lowest BCUT2D eigenvalue weighted by Gasteiger charge is -2.13. The second-order valence-corrected chi connectivity index (χ2v) is 5.50. The summed E-state index contributed by atoms with van der Waals surface area (Å²) in [4.78, 5) is 1.39. The predicted octanol–water partition coefficient (Wildman–Crippen LogP) is 0.0425. The van der Waals surface area contributed by atoms with Crippen molar-refractivity contribution >= 4 is 0 Å². The molecule has 122 valence electrons. The van der Waals surface area contributed by atoms with E-state index in [2.05, 4.69) is 26.3 Å². The summed E-state index contributed by atoms with van der Waals surface area (Å²) in [5, 5.41) is 12.8. The van der Waals surface area contributed by atoms with E-state index in [1.165, 1.54) is 24.2 Å². The van der Waals surface area contributed by atoms with Gasteiger partial charge in [-0.2, -0.15) is 0 Å². The number of ether oxygens (including phenoxy) is 2. The van der Waals surface area contributed by atoms with Crippen molar-refractivity contribution in [1.82, 2.24) is 5.32 Å². The predicted molar refractivity (Wildman–Crippen MR) is 82.1 cm³/mol. The molecule has 5 nitrogen and oxygen atoms in total. The normalized spacial score (nSPS) is 13.1. The highest BCUT2D eigenvalue weighted by atomic mass is 16.5. The Labute approximate surface area is 124 Å². The van der Waals surface area contributed by atoms with Gasteiger partial charge in [0.25, 0.3) is 0 Å². The van der Waals surface area contributed by atoms with Gasteiger partial charge in [-0.3, -0.25) is 5.32 Å². The number of hydrogen-bond acceptors (Lipinski definition) is 4. The lowest BCUT2D eigenvalue weighted by molar-refractivity contribution is -0.858. The molecule has 0 heterocycles. The van der Waals surface area contributed by atoms with E-state index >= 15 is 0 Å². The maximum Gasteiger partial charge on any atom is 0.107 e. The molecular formula is C15H35N2O3+. The zero-order valence-electron chi connectivity index (χ0n) is 13.6. The quantitative estimate of drug-likeness (QED) is 0.295. The fourth-order valence-electron chi connectivity index (χ4n) is 1.72. The molecule has 0 aliphatic rings. The molecule has 20 heavy (non-hydrogen) atoms. The maximum atomic E-state index is 9.68. The molecule has 3 N–H and O–H groups in total. The molecular weight excluding hydrogens is 256 g/mol. The molecule has 0 aliphatic carbocycles. The Hall–Kier alpha value is -0.200. The van der Waals surface area contributed by atoms with Crippen LogP contribution >= 0.6 is 0 Å². The van der Waals surface area contributed by atoms with E-state index in [0.717, 1.165) is 26.1 Å². The van der Waals surface area contributed by atoms with Gasteiger partial charge in [0.2, 0.25) is 0 Å². The van der Waals surface area contributed by atoms with Gasteiger partial charge in [-0.05, 0) is 13.0 Å². The second kappa shape index (κ2) is 15.2. The molecule has 1 unspecified atom stereocenters. The Morgan fingerprint density at radius 3 is 2.35 bits per heavy atom. The standard InChI is InChI=1S/C15H34N2O3/c1-4-5-6-7-9-16-15(18)8-11-19-13-14-20-12-10-17(2)3/h15-16,18H,4-14H2,1-3H3/p+1. The number of likely N-dealkylation sites (N-methyl/N-ethyl adjacent to an activating group) is 1. The first kappa shape index (κ1) is 19.8. The van der Waals surface area contributed by atoms with Crippen LogP contribution in [0.25, 0.3) is 0 Å². The highest BCUT2D eigenvalue weighted by Gasteiger charge is 2.02. The Kier molecular flexibility index (Phi) is 15.0. The van der Waals surface area contributed by atoms with E-state index < -0.39 is 6.23 Å². The summed E-state index contributed by atoms with van der Waals surface area (Å²) in [7, 11) is 4.22. The fraction of sp³-hybridized carbons (Fsp3) is 1.00. The summed E-state index contributed by atoms with van der Waals surface area (Å²) >= 11 is 0. The molecule has 1 atom stereocenters. The smallest absolute Gasteiger partial charge is 0.107 e. The number of aliphatic hydroxyl groups excluding tert-OH is 1. The minimum atomic E-state index is -0.449. The largest absolute Gasteiger partial charge is 0.379 e. The zero-order valence-corrected chi connectivity index (χ0v) is 13.6. The van der Waals surface area contributed by atoms with Gasteiger partial charge in [0, 0.05) is 6.42 Å². The molecule has 0 aliphatic heterocycles. The van der Waals surface area contributed by atoms with E-state index in [-0.39, 0.29) is 0 Å². The van der Waals surface area contributed by atoms with Gasteiger partial charge in [0.15, 0.2) is 0 Å². The summed E-state index contributed by atoms with van der Waals surface area (Å²) < 4.78 is 10.9. The minimum Gasteiger partial charge on any atom is -0.379 e. The maximum absolute atomic E-state index is 9.68. The third kappa shape index (κ3) is 15.9. The van der Waals surface area contributed by atoms with Crippen molar-refractivity contribution in [3.05, 3.63) is 0 Å². The molecule has 0 bridgehead atoms. The van der Waals surface area contributed by atoms with Crippen LogP contribution in [0, 0.1) is 0 Å². The first-order chi connectivity index (χ1) is 9.66. The van der Waals surface area contributed by atoms with Crippen LogP contribution in [0.15, 0.2) is 0 Å². The number of nitrogens with one attached hydrogen (secondary N) is 2. The van der Waals surface area contributed by atoms with Gasteiger partial charge in [-0.15, -0.1) is 0 Å². The molecule has 0 rings (SSSR count). The van der Waals surface area contributed by atoms with Crippen molar-refractivity contribution in [2.75, 3.05) is 53.6 Å². The third-order valence-electron chi connectivity index (χ3n) is 3.06. The van der Waals surface area contributed by atoms with Gasteiger partial charge in [0.1, 0.15) is 12.8 Å². The Morgan fingerprint density at radius 1 is 1.00 bits per heavy atom. The van der Waals surface area contributed by atoms with Crippen molar-refractivity contribution in [2.24, 2.45) is 0 Å². The van der Waals surface area contributed by atoms with E-state index in [4.69, 9.17) is 9.47 Å². The molecule has 0 aromatic carbocycles. The molecule has 5 heteroatoms. The number of hydrogen-bond donors (Lipinski definition) is 3. The van der Waals surface area contributed by atoms with E-state index in [0.29, 0.717) is 26.2 Å². The number of aliphatic hydroxyl groups is 1. The first-order valence-electron chi connectivity index (χ1n) is 8.02. The van der Waals surface area contributed by atoms with E-state index in [1.54, 1.807) is 0 Å². The molecule has 0 amide bonds. The summed E-state index contributed by atoms with van der Waals surface area (Å²) in [5.41, 5.74) is 0. The lowest BCUT2D eigenvalue weighted by Crippen LogP contribution is -3.06. The average molecular weight is 291 g/mol.